The molecule has 100 valence electrons. The van der Waals surface area contributed by atoms with Crippen LogP contribution < -0.4 is 5.73 Å². The highest BCUT2D eigenvalue weighted by molar-refractivity contribution is 5.14. The maximum atomic E-state index is 6.14. The van der Waals surface area contributed by atoms with Crippen LogP contribution in [0.3, 0.4) is 0 Å². The molecule has 2 heteroatoms. The van der Waals surface area contributed by atoms with Gasteiger partial charge in [-0.25, -0.2) is 0 Å². The molecule has 2 N–H and O–H groups in total. The third-order valence-corrected chi connectivity index (χ3v) is 4.18. The molecule has 0 spiro atoms. The minimum atomic E-state index is 0.431. The van der Waals surface area contributed by atoms with Crippen LogP contribution in [0.1, 0.15) is 31.7 Å². The number of hydrogen-bond donors (Lipinski definition) is 1. The smallest absolute Gasteiger partial charge is 0.00914 e. The van der Waals surface area contributed by atoms with E-state index in [0.717, 1.165) is 0 Å². The maximum Gasteiger partial charge on any atom is 0.00914 e. The van der Waals surface area contributed by atoms with Crippen molar-refractivity contribution in [3.8, 4) is 0 Å². The average Bonchev–Trinajstić information content (AvgIpc) is 2.42. The number of benzene rings is 1. The van der Waals surface area contributed by atoms with Crippen molar-refractivity contribution in [2.45, 2.75) is 38.6 Å². The summed E-state index contributed by atoms with van der Waals surface area (Å²) in [7, 11) is 0. The van der Waals surface area contributed by atoms with Gasteiger partial charge in [-0.2, -0.15) is 0 Å². The number of hydrogen-bond acceptors (Lipinski definition) is 2. The number of piperidine rings is 1. The molecule has 2 atom stereocenters. The van der Waals surface area contributed by atoms with E-state index < -0.39 is 0 Å². The molecule has 1 heterocycles. The van der Waals surface area contributed by atoms with Crippen LogP contribution in [0.15, 0.2) is 30.3 Å². The van der Waals surface area contributed by atoms with Crippen molar-refractivity contribution >= 4 is 0 Å². The summed E-state index contributed by atoms with van der Waals surface area (Å²) in [5, 5.41) is 0. The second-order valence-electron chi connectivity index (χ2n) is 5.51. The molecule has 0 radical (unpaired) electrons. The lowest BCUT2D eigenvalue weighted by Crippen LogP contribution is -2.47. The molecule has 0 saturated carbocycles. The fourth-order valence-electron chi connectivity index (χ4n) is 2.91. The molecular formula is C16H26N2. The van der Waals surface area contributed by atoms with E-state index in [1.807, 2.05) is 0 Å². The van der Waals surface area contributed by atoms with Crippen molar-refractivity contribution in [3.05, 3.63) is 35.9 Å². The Morgan fingerprint density at radius 3 is 2.78 bits per heavy atom. The van der Waals surface area contributed by atoms with Crippen LogP contribution in [0.25, 0.3) is 0 Å². The first-order chi connectivity index (χ1) is 8.79. The van der Waals surface area contributed by atoms with Crippen molar-refractivity contribution in [3.63, 3.8) is 0 Å². The summed E-state index contributed by atoms with van der Waals surface area (Å²) in [5.74, 6) is 0.704. The van der Waals surface area contributed by atoms with Crippen LogP contribution in [0, 0.1) is 5.92 Å². The standard InChI is InChI=1S/C16H26N2/c1-2-15-13-18(12-10-16(15)17)11-6-9-14-7-4-3-5-8-14/h3-5,7-8,15-16H,2,6,9-13,17H2,1H3. The van der Waals surface area contributed by atoms with Crippen LogP contribution in [-0.2, 0) is 6.42 Å². The molecule has 1 saturated heterocycles. The molecule has 18 heavy (non-hydrogen) atoms. The van der Waals surface area contributed by atoms with Gasteiger partial charge in [0.05, 0.1) is 0 Å². The molecule has 0 bridgehead atoms. The van der Waals surface area contributed by atoms with Gasteiger partial charge in [0.2, 0.25) is 0 Å². The second kappa shape index (κ2) is 6.91. The van der Waals surface area contributed by atoms with Crippen molar-refractivity contribution in [1.29, 1.82) is 0 Å². The van der Waals surface area contributed by atoms with Gasteiger partial charge in [0.1, 0.15) is 0 Å². The first kappa shape index (κ1) is 13.6. The van der Waals surface area contributed by atoms with E-state index in [1.165, 1.54) is 50.9 Å². The summed E-state index contributed by atoms with van der Waals surface area (Å²) in [6.07, 6.45) is 4.84. The summed E-state index contributed by atoms with van der Waals surface area (Å²) >= 11 is 0. The first-order valence-electron chi connectivity index (χ1n) is 7.31. The summed E-state index contributed by atoms with van der Waals surface area (Å²) in [4.78, 5) is 2.60. The van der Waals surface area contributed by atoms with Gasteiger partial charge in [0, 0.05) is 12.6 Å². The molecule has 0 aliphatic carbocycles. The van der Waals surface area contributed by atoms with Crippen LogP contribution in [-0.4, -0.2) is 30.6 Å². The fraction of sp³-hybridized carbons (Fsp3) is 0.625. The SMILES string of the molecule is CCC1CN(CCCc2ccccc2)CCC1N. The van der Waals surface area contributed by atoms with Gasteiger partial charge in [-0.15, -0.1) is 0 Å². The van der Waals surface area contributed by atoms with E-state index in [4.69, 9.17) is 5.73 Å². The third kappa shape index (κ3) is 3.82. The Morgan fingerprint density at radius 2 is 2.06 bits per heavy atom. The zero-order chi connectivity index (χ0) is 12.8. The molecule has 1 aromatic rings. The van der Waals surface area contributed by atoms with Crippen LogP contribution in [0.2, 0.25) is 0 Å². The fourth-order valence-corrected chi connectivity index (χ4v) is 2.91. The summed E-state index contributed by atoms with van der Waals surface area (Å²) in [6, 6.07) is 11.2. The molecule has 1 fully saturated rings. The number of nitrogens with two attached hydrogens (primary N) is 1. The van der Waals surface area contributed by atoms with Gasteiger partial charge in [-0.3, -0.25) is 0 Å². The van der Waals surface area contributed by atoms with Gasteiger partial charge in [-0.05, 0) is 43.8 Å². The number of likely N-dealkylation sites (tertiary alicyclic amines) is 1. The van der Waals surface area contributed by atoms with Gasteiger partial charge in [0.15, 0.2) is 0 Å². The predicted molar refractivity (Wildman–Crippen MR) is 77.6 cm³/mol. The molecule has 0 amide bonds. The molecule has 1 aliphatic heterocycles. The average molecular weight is 246 g/mol. The van der Waals surface area contributed by atoms with Crippen molar-refractivity contribution < 1.29 is 0 Å². The molecule has 2 unspecified atom stereocenters. The lowest BCUT2D eigenvalue weighted by Gasteiger charge is -2.36. The predicted octanol–water partition coefficient (Wildman–Crippen LogP) is 2.68. The lowest BCUT2D eigenvalue weighted by atomic mass is 9.90. The Balaban J connectivity index is 1.71. The normalized spacial score (nSPS) is 25.2. The largest absolute Gasteiger partial charge is 0.327 e. The van der Waals surface area contributed by atoms with Crippen LogP contribution in [0.4, 0.5) is 0 Å². The Hall–Kier alpha value is -0.860. The van der Waals surface area contributed by atoms with Crippen molar-refractivity contribution in [1.82, 2.24) is 4.90 Å². The van der Waals surface area contributed by atoms with E-state index >= 15 is 0 Å². The first-order valence-corrected chi connectivity index (χ1v) is 7.31. The number of nitrogens with zero attached hydrogens (tertiary/aromatic N) is 1. The van der Waals surface area contributed by atoms with E-state index in [-0.39, 0.29) is 0 Å². The van der Waals surface area contributed by atoms with E-state index in [2.05, 4.69) is 42.2 Å². The minimum absolute atomic E-state index is 0.431. The highest BCUT2D eigenvalue weighted by atomic mass is 15.1. The quantitative estimate of drug-likeness (QED) is 0.865. The summed E-state index contributed by atoms with van der Waals surface area (Å²) < 4.78 is 0. The molecular weight excluding hydrogens is 220 g/mol. The minimum Gasteiger partial charge on any atom is -0.327 e. The summed E-state index contributed by atoms with van der Waals surface area (Å²) in [5.41, 5.74) is 7.60. The zero-order valence-electron chi connectivity index (χ0n) is 11.5. The maximum absolute atomic E-state index is 6.14. The van der Waals surface area contributed by atoms with Crippen molar-refractivity contribution in [2.24, 2.45) is 11.7 Å². The Kier molecular flexibility index (Phi) is 5.21. The third-order valence-electron chi connectivity index (χ3n) is 4.18. The number of aryl methyl sites for hydroxylation is 1. The molecule has 0 aromatic heterocycles. The second-order valence-corrected chi connectivity index (χ2v) is 5.51. The van der Waals surface area contributed by atoms with Crippen LogP contribution in [0.5, 0.6) is 0 Å². The Labute approximate surface area is 111 Å². The Morgan fingerprint density at radius 1 is 1.28 bits per heavy atom. The monoisotopic (exact) mass is 246 g/mol. The summed E-state index contributed by atoms with van der Waals surface area (Å²) in [6.45, 7) is 5.87. The number of rotatable bonds is 5. The molecule has 2 nitrogen and oxygen atoms in total. The van der Waals surface area contributed by atoms with Crippen LogP contribution >= 0.6 is 0 Å². The molecule has 1 aliphatic rings. The molecule has 1 aromatic carbocycles. The van der Waals surface area contributed by atoms with Gasteiger partial charge >= 0.3 is 0 Å². The van der Waals surface area contributed by atoms with E-state index in [9.17, 15) is 0 Å². The highest BCUT2D eigenvalue weighted by Crippen LogP contribution is 2.18. The van der Waals surface area contributed by atoms with E-state index in [0.29, 0.717) is 12.0 Å². The molecule has 2 rings (SSSR count). The van der Waals surface area contributed by atoms with Gasteiger partial charge in [-0.1, -0.05) is 43.7 Å². The Bertz CT molecular complexity index is 336. The zero-order valence-corrected chi connectivity index (χ0v) is 11.5. The van der Waals surface area contributed by atoms with E-state index in [1.54, 1.807) is 0 Å². The van der Waals surface area contributed by atoms with Gasteiger partial charge in [0.25, 0.3) is 0 Å². The van der Waals surface area contributed by atoms with Gasteiger partial charge < -0.3 is 10.6 Å². The highest BCUT2D eigenvalue weighted by Gasteiger charge is 2.24. The topological polar surface area (TPSA) is 29.3 Å². The van der Waals surface area contributed by atoms with Crippen molar-refractivity contribution in [2.75, 3.05) is 19.6 Å². The lowest BCUT2D eigenvalue weighted by molar-refractivity contribution is 0.151.